The van der Waals surface area contributed by atoms with Crippen molar-refractivity contribution in [3.05, 3.63) is 40.5 Å². The topological polar surface area (TPSA) is 121 Å². The number of nitriles is 1. The summed E-state index contributed by atoms with van der Waals surface area (Å²) in [6.45, 7) is 2.55. The van der Waals surface area contributed by atoms with Gasteiger partial charge in [0.05, 0.1) is 30.8 Å². The average Bonchev–Trinajstić information content (AvgIpc) is 3.75. The molecule has 9 nitrogen and oxygen atoms in total. The zero-order valence-electron chi connectivity index (χ0n) is 25.0. The van der Waals surface area contributed by atoms with Crippen molar-refractivity contribution in [1.82, 2.24) is 14.9 Å². The average molecular weight is 633 g/mol. The van der Waals surface area contributed by atoms with Gasteiger partial charge in [0.2, 0.25) is 0 Å². The predicted molar refractivity (Wildman–Crippen MR) is 168 cm³/mol. The standard InChI is InChI=1S/C33H34F2N6O3S/c1-40-11-18-9-19(12-40)41(18)32-27-22-15-43-14-21(22)26(28-23(34)5-6-24-25(28)20(10-36)31(37)45-24)29(35)30(27)38-33(39-32)44-13-17-4-2-3-16(17)7-8-42/h5-6,16-19,42H,2-4,7-9,11-15,37H2,1H3/t16?,17-,18?,19?/m0/s1. The molecule has 4 fully saturated rings. The molecule has 6 heterocycles. The number of piperidine rings is 1. The Morgan fingerprint density at radius 3 is 2.67 bits per heavy atom. The first kappa shape index (κ1) is 28.8. The number of fused-ring (bicyclic) bond motifs is 6. The predicted octanol–water partition coefficient (Wildman–Crippen LogP) is 5.34. The first-order valence-electron chi connectivity index (χ1n) is 15.6. The number of aliphatic hydroxyl groups excluding tert-OH is 1. The summed E-state index contributed by atoms with van der Waals surface area (Å²) >= 11 is 1.18. The van der Waals surface area contributed by atoms with Gasteiger partial charge in [0, 0.05) is 53.0 Å². The number of hydrogen-bond donors (Lipinski definition) is 2. The number of ether oxygens (including phenoxy) is 2. The second-order valence-corrected chi connectivity index (χ2v) is 14.0. The number of rotatable bonds is 7. The van der Waals surface area contributed by atoms with Crippen LogP contribution in [0.15, 0.2) is 12.1 Å². The van der Waals surface area contributed by atoms with Crippen LogP contribution in [0.25, 0.3) is 32.1 Å². The van der Waals surface area contributed by atoms with Crippen LogP contribution in [0.3, 0.4) is 0 Å². The maximum absolute atomic E-state index is 17.2. The molecular formula is C33H34F2N6O3S. The number of piperazine rings is 1. The molecule has 2 aromatic carbocycles. The van der Waals surface area contributed by atoms with E-state index in [-0.39, 0.29) is 71.0 Å². The highest BCUT2D eigenvalue weighted by Crippen LogP contribution is 2.49. The largest absolute Gasteiger partial charge is 0.463 e. The molecule has 3 saturated heterocycles. The van der Waals surface area contributed by atoms with Gasteiger partial charge in [-0.05, 0) is 67.8 Å². The Kier molecular flexibility index (Phi) is 7.05. The van der Waals surface area contributed by atoms with Gasteiger partial charge in [-0.3, -0.25) is 0 Å². The molecular weight excluding hydrogens is 598 g/mol. The molecule has 1 saturated carbocycles. The fourth-order valence-corrected chi connectivity index (χ4v) is 9.20. The van der Waals surface area contributed by atoms with E-state index in [1.54, 1.807) is 6.07 Å². The third kappa shape index (κ3) is 4.47. The van der Waals surface area contributed by atoms with Crippen LogP contribution in [0.4, 0.5) is 19.6 Å². The molecule has 5 aliphatic rings. The number of thiophene rings is 1. The number of aliphatic hydroxyl groups is 1. The minimum atomic E-state index is -0.690. The first-order chi connectivity index (χ1) is 21.9. The summed E-state index contributed by atoms with van der Waals surface area (Å²) in [5.74, 6) is -0.0900. The summed E-state index contributed by atoms with van der Waals surface area (Å²) in [5.41, 5.74) is 7.68. The van der Waals surface area contributed by atoms with Crippen LogP contribution in [0, 0.1) is 34.8 Å². The molecule has 4 aromatic rings. The summed E-state index contributed by atoms with van der Waals surface area (Å²) in [5, 5.41) is 20.6. The summed E-state index contributed by atoms with van der Waals surface area (Å²) in [6.07, 6.45) is 4.86. The highest BCUT2D eigenvalue weighted by Gasteiger charge is 2.46. The molecule has 234 valence electrons. The number of aromatic nitrogens is 2. The molecule has 4 aliphatic heterocycles. The van der Waals surface area contributed by atoms with Crippen LogP contribution in [0.5, 0.6) is 6.01 Å². The fraction of sp³-hybridized carbons (Fsp3) is 0.485. The van der Waals surface area contributed by atoms with Crippen LogP contribution >= 0.6 is 11.3 Å². The van der Waals surface area contributed by atoms with E-state index in [1.165, 1.54) is 17.4 Å². The number of likely N-dealkylation sites (N-methyl/N-ethyl adjacent to an activating group) is 1. The van der Waals surface area contributed by atoms with Crippen LogP contribution in [-0.4, -0.2) is 65.4 Å². The van der Waals surface area contributed by atoms with Gasteiger partial charge in [0.15, 0.2) is 5.82 Å². The normalized spacial score (nSPS) is 24.3. The highest BCUT2D eigenvalue weighted by atomic mass is 32.1. The number of benzene rings is 2. The lowest BCUT2D eigenvalue weighted by Gasteiger charge is -2.56. The Morgan fingerprint density at radius 2 is 1.89 bits per heavy atom. The monoisotopic (exact) mass is 632 g/mol. The van der Waals surface area contributed by atoms with E-state index in [4.69, 9.17) is 20.2 Å². The maximum atomic E-state index is 17.2. The lowest BCUT2D eigenvalue weighted by atomic mass is 9.86. The van der Waals surface area contributed by atoms with Crippen molar-refractivity contribution in [2.75, 3.05) is 44.0 Å². The van der Waals surface area contributed by atoms with Crippen LogP contribution in [-0.2, 0) is 18.0 Å². The Morgan fingerprint density at radius 1 is 1.11 bits per heavy atom. The second kappa shape index (κ2) is 11.0. The van der Waals surface area contributed by atoms with Gasteiger partial charge in [-0.25, -0.2) is 8.78 Å². The third-order valence-electron chi connectivity index (χ3n) is 10.3. The van der Waals surface area contributed by atoms with Crippen molar-refractivity contribution in [2.45, 2.75) is 57.4 Å². The van der Waals surface area contributed by atoms with Gasteiger partial charge in [0.25, 0.3) is 0 Å². The molecule has 3 N–H and O–H groups in total. The van der Waals surface area contributed by atoms with Gasteiger partial charge in [-0.15, -0.1) is 11.3 Å². The first-order valence-corrected chi connectivity index (χ1v) is 16.4. The molecule has 0 amide bonds. The SMILES string of the molecule is CN1CC2CC(C1)N2c1nc(OC[C@@H]2CCCC2CCO)nc2c(F)c(-c3c(F)ccc4sc(N)c(C#N)c34)c3c(c12)COC3. The molecule has 4 atom stereocenters. The van der Waals surface area contributed by atoms with Crippen molar-refractivity contribution in [3.63, 3.8) is 0 Å². The quantitative estimate of drug-likeness (QED) is 0.278. The van der Waals surface area contributed by atoms with Gasteiger partial charge < -0.3 is 30.1 Å². The summed E-state index contributed by atoms with van der Waals surface area (Å²) in [7, 11) is 2.10. The summed E-state index contributed by atoms with van der Waals surface area (Å²) in [4.78, 5) is 14.2. The summed E-state index contributed by atoms with van der Waals surface area (Å²) in [6, 6.07) is 5.51. The fourth-order valence-electron chi connectivity index (χ4n) is 8.27. The number of halogens is 2. The minimum Gasteiger partial charge on any atom is -0.463 e. The molecule has 2 bridgehead atoms. The van der Waals surface area contributed by atoms with E-state index >= 15 is 8.78 Å². The van der Waals surface area contributed by atoms with E-state index in [9.17, 15) is 10.4 Å². The molecule has 0 radical (unpaired) electrons. The van der Waals surface area contributed by atoms with Crippen molar-refractivity contribution < 1.29 is 23.4 Å². The molecule has 1 aliphatic carbocycles. The lowest BCUT2D eigenvalue weighted by Crippen LogP contribution is -2.68. The van der Waals surface area contributed by atoms with E-state index in [2.05, 4.69) is 27.9 Å². The number of hydrogen-bond acceptors (Lipinski definition) is 10. The Hall–Kier alpha value is -3.63. The van der Waals surface area contributed by atoms with Crippen molar-refractivity contribution in [2.24, 2.45) is 11.8 Å². The smallest absolute Gasteiger partial charge is 0.319 e. The van der Waals surface area contributed by atoms with Gasteiger partial charge in [-0.1, -0.05) is 6.42 Å². The minimum absolute atomic E-state index is 0.000950. The van der Waals surface area contributed by atoms with Crippen LogP contribution < -0.4 is 15.4 Å². The third-order valence-corrected chi connectivity index (χ3v) is 11.3. The number of nitrogen functional groups attached to an aromatic ring is 1. The number of nitrogens with two attached hydrogens (primary N) is 1. The molecule has 12 heteroatoms. The number of anilines is 2. The second-order valence-electron chi connectivity index (χ2n) is 12.9. The Balaban J connectivity index is 1.34. The van der Waals surface area contributed by atoms with Gasteiger partial charge >= 0.3 is 6.01 Å². The zero-order valence-corrected chi connectivity index (χ0v) is 25.8. The van der Waals surface area contributed by atoms with Gasteiger partial charge in [-0.2, -0.15) is 15.2 Å². The van der Waals surface area contributed by atoms with Crippen LogP contribution in [0.1, 0.15) is 48.8 Å². The van der Waals surface area contributed by atoms with Gasteiger partial charge in [0.1, 0.15) is 28.2 Å². The molecule has 0 spiro atoms. The molecule has 45 heavy (non-hydrogen) atoms. The van der Waals surface area contributed by atoms with Crippen molar-refractivity contribution in [3.8, 4) is 23.2 Å². The zero-order chi connectivity index (χ0) is 31.0. The van der Waals surface area contributed by atoms with Crippen LogP contribution in [0.2, 0.25) is 0 Å². The lowest BCUT2D eigenvalue weighted by molar-refractivity contribution is 0.134. The highest BCUT2D eigenvalue weighted by molar-refractivity contribution is 7.23. The molecule has 3 unspecified atom stereocenters. The van der Waals surface area contributed by atoms with Crippen molar-refractivity contribution in [1.29, 1.82) is 5.26 Å². The molecule has 9 rings (SSSR count). The number of nitrogens with zero attached hydrogens (tertiary/aromatic N) is 5. The Labute approximate surface area is 263 Å². The van der Waals surface area contributed by atoms with E-state index in [1.807, 2.05) is 0 Å². The maximum Gasteiger partial charge on any atom is 0.319 e. The molecule has 2 aromatic heterocycles. The van der Waals surface area contributed by atoms with E-state index < -0.39 is 11.6 Å². The Bertz CT molecular complexity index is 1880. The van der Waals surface area contributed by atoms with E-state index in [0.717, 1.165) is 50.8 Å². The summed E-state index contributed by atoms with van der Waals surface area (Å²) < 4.78 is 45.9. The van der Waals surface area contributed by atoms with E-state index in [0.29, 0.717) is 39.4 Å². The van der Waals surface area contributed by atoms with Crippen molar-refractivity contribution >= 4 is 43.1 Å².